The molecule has 0 radical (unpaired) electrons. The molecule has 2 aromatic rings. The number of ether oxygens (including phenoxy) is 1. The van der Waals surface area contributed by atoms with E-state index < -0.39 is 0 Å². The summed E-state index contributed by atoms with van der Waals surface area (Å²) < 4.78 is 5.92. The van der Waals surface area contributed by atoms with Gasteiger partial charge in [-0.25, -0.2) is 0 Å². The third-order valence-corrected chi connectivity index (χ3v) is 3.02. The van der Waals surface area contributed by atoms with Gasteiger partial charge in [0, 0.05) is 18.4 Å². The summed E-state index contributed by atoms with van der Waals surface area (Å²) in [6.07, 6.45) is 1.91. The fraction of sp³-hybridized carbons (Fsp3) is 0.353. The van der Waals surface area contributed by atoms with Crippen LogP contribution < -0.4 is 0 Å². The largest absolute Gasteiger partial charge is 0.374 e. The highest BCUT2D eigenvalue weighted by Crippen LogP contribution is 2.28. The number of aromatic nitrogens is 1. The molecule has 100 valence electrons. The average molecular weight is 255 g/mol. The summed E-state index contributed by atoms with van der Waals surface area (Å²) in [7, 11) is 0. The zero-order chi connectivity index (χ0) is 13.7. The van der Waals surface area contributed by atoms with E-state index in [2.05, 4.69) is 44.0 Å². The van der Waals surface area contributed by atoms with Crippen LogP contribution in [0, 0.1) is 5.92 Å². The number of benzene rings is 1. The Hall–Kier alpha value is -1.67. The Labute approximate surface area is 115 Å². The van der Waals surface area contributed by atoms with Gasteiger partial charge in [-0.3, -0.25) is 4.98 Å². The first-order chi connectivity index (χ1) is 9.18. The Balaban J connectivity index is 2.26. The third-order valence-electron chi connectivity index (χ3n) is 3.02. The predicted molar refractivity (Wildman–Crippen MR) is 78.9 cm³/mol. The van der Waals surface area contributed by atoms with Crippen LogP contribution in [0.5, 0.6) is 0 Å². The zero-order valence-corrected chi connectivity index (χ0v) is 11.8. The van der Waals surface area contributed by atoms with Crippen LogP contribution in [0.1, 0.15) is 32.4 Å². The van der Waals surface area contributed by atoms with E-state index in [-0.39, 0.29) is 6.10 Å². The van der Waals surface area contributed by atoms with Gasteiger partial charge in [0.25, 0.3) is 0 Å². The normalized spacial score (nSPS) is 12.6. The van der Waals surface area contributed by atoms with Crippen LogP contribution in [0.4, 0.5) is 0 Å². The number of rotatable bonds is 5. The van der Waals surface area contributed by atoms with Crippen LogP contribution in [-0.4, -0.2) is 11.6 Å². The molecule has 2 rings (SSSR count). The van der Waals surface area contributed by atoms with E-state index in [1.165, 1.54) is 5.56 Å². The van der Waals surface area contributed by atoms with Crippen molar-refractivity contribution in [3.05, 3.63) is 54.2 Å². The summed E-state index contributed by atoms with van der Waals surface area (Å²) in [6.45, 7) is 7.20. The maximum atomic E-state index is 5.92. The first kappa shape index (κ1) is 13.8. The minimum absolute atomic E-state index is 0.0839. The molecule has 0 amide bonds. The van der Waals surface area contributed by atoms with Crippen LogP contribution in [0.25, 0.3) is 11.3 Å². The first-order valence-electron chi connectivity index (χ1n) is 6.80. The molecule has 0 spiro atoms. The summed E-state index contributed by atoms with van der Waals surface area (Å²) in [4.78, 5) is 4.43. The highest BCUT2D eigenvalue weighted by molar-refractivity contribution is 5.63. The summed E-state index contributed by atoms with van der Waals surface area (Å²) in [5.41, 5.74) is 3.35. The molecule has 19 heavy (non-hydrogen) atoms. The summed E-state index contributed by atoms with van der Waals surface area (Å²) in [5.74, 6) is 0.546. The van der Waals surface area contributed by atoms with E-state index in [9.17, 15) is 0 Å². The van der Waals surface area contributed by atoms with Crippen molar-refractivity contribution in [2.45, 2.75) is 26.9 Å². The molecular formula is C17H21NO. The van der Waals surface area contributed by atoms with Crippen molar-refractivity contribution in [1.29, 1.82) is 0 Å². The molecule has 2 nitrogen and oxygen atoms in total. The van der Waals surface area contributed by atoms with Crippen LogP contribution in [0.3, 0.4) is 0 Å². The van der Waals surface area contributed by atoms with Gasteiger partial charge in [-0.1, -0.05) is 44.2 Å². The second kappa shape index (κ2) is 6.48. The molecule has 1 aromatic carbocycles. The third kappa shape index (κ3) is 3.65. The van der Waals surface area contributed by atoms with Gasteiger partial charge in [-0.15, -0.1) is 0 Å². The van der Waals surface area contributed by atoms with Crippen LogP contribution in [0.2, 0.25) is 0 Å². The first-order valence-corrected chi connectivity index (χ1v) is 6.80. The molecule has 1 unspecified atom stereocenters. The van der Waals surface area contributed by atoms with E-state index in [1.807, 2.05) is 30.5 Å². The van der Waals surface area contributed by atoms with Gasteiger partial charge in [0.2, 0.25) is 0 Å². The SMILES string of the molecule is CC(C)COC(C)c1ccccc1-c1ccccn1. The molecule has 0 N–H and O–H groups in total. The fourth-order valence-electron chi connectivity index (χ4n) is 2.03. The van der Waals surface area contributed by atoms with Crippen molar-refractivity contribution in [3.63, 3.8) is 0 Å². The van der Waals surface area contributed by atoms with Crippen LogP contribution >= 0.6 is 0 Å². The molecule has 2 heteroatoms. The second-order valence-electron chi connectivity index (χ2n) is 5.17. The lowest BCUT2D eigenvalue weighted by Crippen LogP contribution is -2.07. The van der Waals surface area contributed by atoms with Crippen molar-refractivity contribution in [2.75, 3.05) is 6.61 Å². The maximum Gasteiger partial charge on any atom is 0.0803 e. The smallest absolute Gasteiger partial charge is 0.0803 e. The Morgan fingerprint density at radius 3 is 2.42 bits per heavy atom. The van der Waals surface area contributed by atoms with Gasteiger partial charge < -0.3 is 4.74 Å². The number of hydrogen-bond acceptors (Lipinski definition) is 2. The van der Waals surface area contributed by atoms with Crippen molar-refractivity contribution >= 4 is 0 Å². The van der Waals surface area contributed by atoms with Gasteiger partial charge in [0.1, 0.15) is 0 Å². The van der Waals surface area contributed by atoms with E-state index in [0.29, 0.717) is 5.92 Å². The molecule has 1 atom stereocenters. The van der Waals surface area contributed by atoms with E-state index in [1.54, 1.807) is 0 Å². The molecule has 0 aliphatic carbocycles. The van der Waals surface area contributed by atoms with Crippen molar-refractivity contribution in [2.24, 2.45) is 5.92 Å². The lowest BCUT2D eigenvalue weighted by Gasteiger charge is -2.18. The van der Waals surface area contributed by atoms with E-state index in [4.69, 9.17) is 4.74 Å². The lowest BCUT2D eigenvalue weighted by molar-refractivity contribution is 0.0473. The quantitative estimate of drug-likeness (QED) is 0.785. The predicted octanol–water partition coefficient (Wildman–Crippen LogP) is 4.48. The average Bonchev–Trinajstić information content (AvgIpc) is 2.45. The molecule has 0 aliphatic heterocycles. The molecular weight excluding hydrogens is 234 g/mol. The van der Waals surface area contributed by atoms with Gasteiger partial charge in [0.15, 0.2) is 0 Å². The van der Waals surface area contributed by atoms with Crippen molar-refractivity contribution < 1.29 is 4.74 Å². The highest BCUT2D eigenvalue weighted by atomic mass is 16.5. The molecule has 1 aromatic heterocycles. The molecule has 0 bridgehead atoms. The van der Waals surface area contributed by atoms with Gasteiger partial charge in [0.05, 0.1) is 11.8 Å². The van der Waals surface area contributed by atoms with Crippen LogP contribution in [0.15, 0.2) is 48.7 Å². The molecule has 1 heterocycles. The van der Waals surface area contributed by atoms with E-state index >= 15 is 0 Å². The molecule has 0 aliphatic rings. The minimum Gasteiger partial charge on any atom is -0.374 e. The number of nitrogens with zero attached hydrogens (tertiary/aromatic N) is 1. The summed E-state index contributed by atoms with van der Waals surface area (Å²) in [6, 6.07) is 14.3. The van der Waals surface area contributed by atoms with Crippen LogP contribution in [-0.2, 0) is 4.74 Å². The van der Waals surface area contributed by atoms with Gasteiger partial charge in [-0.2, -0.15) is 0 Å². The summed E-state index contributed by atoms with van der Waals surface area (Å²) in [5, 5.41) is 0. The second-order valence-corrected chi connectivity index (χ2v) is 5.17. The van der Waals surface area contributed by atoms with E-state index in [0.717, 1.165) is 17.9 Å². The molecule has 0 saturated heterocycles. The monoisotopic (exact) mass is 255 g/mol. The molecule has 0 fully saturated rings. The van der Waals surface area contributed by atoms with Crippen molar-refractivity contribution in [1.82, 2.24) is 4.98 Å². The van der Waals surface area contributed by atoms with Crippen molar-refractivity contribution in [3.8, 4) is 11.3 Å². The Morgan fingerprint density at radius 2 is 1.74 bits per heavy atom. The minimum atomic E-state index is 0.0839. The fourth-order valence-corrected chi connectivity index (χ4v) is 2.03. The summed E-state index contributed by atoms with van der Waals surface area (Å²) >= 11 is 0. The van der Waals surface area contributed by atoms with Gasteiger partial charge >= 0.3 is 0 Å². The van der Waals surface area contributed by atoms with Gasteiger partial charge in [-0.05, 0) is 30.5 Å². The topological polar surface area (TPSA) is 22.1 Å². The number of pyridine rings is 1. The maximum absolute atomic E-state index is 5.92. The lowest BCUT2D eigenvalue weighted by atomic mass is 10.00. The Kier molecular flexibility index (Phi) is 4.69. The standard InChI is InChI=1S/C17H21NO/c1-13(2)12-19-14(3)15-8-4-5-9-16(15)17-10-6-7-11-18-17/h4-11,13-14H,12H2,1-3H3. The molecule has 0 saturated carbocycles. The zero-order valence-electron chi connectivity index (χ0n) is 11.8. The highest BCUT2D eigenvalue weighted by Gasteiger charge is 2.13. The Morgan fingerprint density at radius 1 is 1.00 bits per heavy atom. The Bertz CT molecular complexity index is 508. The number of hydrogen-bond donors (Lipinski definition) is 0.